The lowest BCUT2D eigenvalue weighted by Crippen LogP contribution is -2.12. The smallest absolute Gasteiger partial charge is 0.161 e. The zero-order valence-corrected chi connectivity index (χ0v) is 22.1. The zero-order valence-electron chi connectivity index (χ0n) is 21.3. The highest BCUT2D eigenvalue weighted by Crippen LogP contribution is 2.43. The van der Waals surface area contributed by atoms with Gasteiger partial charge in [-0.2, -0.15) is 0 Å². The van der Waals surface area contributed by atoms with Gasteiger partial charge in [0.15, 0.2) is 5.58 Å². The first-order valence-electron chi connectivity index (χ1n) is 12.5. The van der Waals surface area contributed by atoms with E-state index in [2.05, 4.69) is 96.1 Å². The van der Waals surface area contributed by atoms with E-state index in [9.17, 15) is 0 Å². The van der Waals surface area contributed by atoms with Crippen molar-refractivity contribution in [2.75, 3.05) is 0 Å². The Morgan fingerprint density at radius 3 is 2.46 bits per heavy atom. The lowest BCUT2D eigenvalue weighted by molar-refractivity contribution is 0.596. The predicted molar refractivity (Wildman–Crippen MR) is 152 cm³/mol. The molecule has 0 N–H and O–H groups in total. The molecule has 3 heterocycles. The first-order valence-corrected chi connectivity index (χ1v) is 13.3. The Balaban J connectivity index is 1.65. The van der Waals surface area contributed by atoms with Crippen LogP contribution in [0.3, 0.4) is 0 Å². The fourth-order valence-electron chi connectivity index (χ4n) is 5.38. The van der Waals surface area contributed by atoms with Crippen LogP contribution in [0.1, 0.15) is 50.6 Å². The van der Waals surface area contributed by atoms with Crippen molar-refractivity contribution in [2.24, 2.45) is 5.92 Å². The molecule has 0 unspecified atom stereocenters. The van der Waals surface area contributed by atoms with Crippen LogP contribution in [0, 0.1) is 12.8 Å². The van der Waals surface area contributed by atoms with Gasteiger partial charge in [-0.1, -0.05) is 58.9 Å². The second kappa shape index (κ2) is 7.93. The summed E-state index contributed by atoms with van der Waals surface area (Å²) in [7, 11) is 0. The Labute approximate surface area is 210 Å². The van der Waals surface area contributed by atoms with E-state index in [4.69, 9.17) is 9.40 Å². The molecule has 0 aliphatic heterocycles. The highest BCUT2D eigenvalue weighted by molar-refractivity contribution is 7.19. The van der Waals surface area contributed by atoms with E-state index in [1.165, 1.54) is 42.2 Å². The van der Waals surface area contributed by atoms with Crippen molar-refractivity contribution in [1.29, 1.82) is 0 Å². The quantitative estimate of drug-likeness (QED) is 0.253. The molecule has 3 aromatic carbocycles. The molecule has 0 aliphatic carbocycles. The molecule has 0 radical (unpaired) electrons. The molecule has 2 nitrogen and oxygen atoms in total. The van der Waals surface area contributed by atoms with Crippen molar-refractivity contribution in [3.05, 3.63) is 76.8 Å². The normalized spacial score (nSPS) is 12.7. The molecule has 0 spiro atoms. The molecule has 0 bridgehead atoms. The summed E-state index contributed by atoms with van der Waals surface area (Å²) in [6, 6.07) is 19.8. The summed E-state index contributed by atoms with van der Waals surface area (Å²) in [6.07, 6.45) is 3.03. The number of pyridine rings is 1. The van der Waals surface area contributed by atoms with Crippen LogP contribution in [0.2, 0.25) is 0 Å². The average molecular weight is 478 g/mol. The maximum Gasteiger partial charge on any atom is 0.161 e. The highest BCUT2D eigenvalue weighted by Gasteiger charge is 2.22. The zero-order chi connectivity index (χ0) is 24.5. The number of rotatable bonds is 3. The van der Waals surface area contributed by atoms with Gasteiger partial charge in [-0.25, -0.2) is 0 Å². The van der Waals surface area contributed by atoms with Gasteiger partial charge in [0.25, 0.3) is 0 Å². The Morgan fingerprint density at radius 1 is 0.914 bits per heavy atom. The van der Waals surface area contributed by atoms with Crippen LogP contribution >= 0.6 is 11.3 Å². The van der Waals surface area contributed by atoms with Crippen LogP contribution in [0.15, 0.2) is 65.2 Å². The van der Waals surface area contributed by atoms with Gasteiger partial charge in [0.2, 0.25) is 0 Å². The van der Waals surface area contributed by atoms with Crippen LogP contribution in [0.4, 0.5) is 0 Å². The molecule has 35 heavy (non-hydrogen) atoms. The van der Waals surface area contributed by atoms with Crippen molar-refractivity contribution < 1.29 is 4.42 Å². The van der Waals surface area contributed by atoms with E-state index in [1.807, 2.05) is 17.5 Å². The molecule has 0 saturated heterocycles. The Hall–Kier alpha value is -3.17. The number of aryl methyl sites for hydroxylation is 1. The van der Waals surface area contributed by atoms with Crippen LogP contribution in [0.25, 0.3) is 54.1 Å². The maximum absolute atomic E-state index is 6.73. The first kappa shape index (κ1) is 22.3. The Morgan fingerprint density at radius 2 is 1.69 bits per heavy atom. The lowest BCUT2D eigenvalue weighted by atomic mass is 9.82. The molecular formula is C32H31NOS. The van der Waals surface area contributed by atoms with E-state index < -0.39 is 0 Å². The molecule has 0 amide bonds. The molecule has 0 aliphatic rings. The van der Waals surface area contributed by atoms with E-state index >= 15 is 0 Å². The van der Waals surface area contributed by atoms with Gasteiger partial charge in [0, 0.05) is 37.5 Å². The Bertz CT molecular complexity index is 1740. The van der Waals surface area contributed by atoms with Crippen molar-refractivity contribution in [3.63, 3.8) is 0 Å². The summed E-state index contributed by atoms with van der Waals surface area (Å²) in [4.78, 5) is 6.32. The van der Waals surface area contributed by atoms with Crippen LogP contribution in [-0.2, 0) is 11.8 Å². The minimum Gasteiger partial charge on any atom is -0.453 e. The summed E-state index contributed by atoms with van der Waals surface area (Å²) in [5.41, 5.74) is 6.60. The fourth-order valence-corrected chi connectivity index (χ4v) is 6.80. The van der Waals surface area contributed by atoms with Gasteiger partial charge in [-0.05, 0) is 76.9 Å². The molecule has 3 heteroatoms. The summed E-state index contributed by atoms with van der Waals surface area (Å²) >= 11 is 1.91. The number of thiophene rings is 1. The largest absolute Gasteiger partial charge is 0.453 e. The third kappa shape index (κ3) is 3.56. The fraction of sp³-hybridized carbons (Fsp3) is 0.281. The summed E-state index contributed by atoms with van der Waals surface area (Å²) in [6.45, 7) is 13.7. The standard InChI is InChI=1S/C32H31NOS/c1-18(2)15-27-19(3)28-26(35-27)12-11-23-24-13-14-33-29(31(24)34-30(23)28)21-16-20-9-7-8-10-22(20)25(17-21)32(4,5)6/h7-14,16-18H,15H2,1-6H3. The number of fused-ring (bicyclic) bond motifs is 6. The van der Waals surface area contributed by atoms with Gasteiger partial charge in [0.05, 0.1) is 0 Å². The number of hydrogen-bond acceptors (Lipinski definition) is 3. The summed E-state index contributed by atoms with van der Waals surface area (Å²) < 4.78 is 8.04. The van der Waals surface area contributed by atoms with E-state index in [-0.39, 0.29) is 5.41 Å². The second-order valence-corrected chi connectivity index (χ2v) is 12.3. The third-order valence-electron chi connectivity index (χ3n) is 7.08. The van der Waals surface area contributed by atoms with Crippen molar-refractivity contribution in [3.8, 4) is 11.3 Å². The minimum atomic E-state index is 0.0180. The topological polar surface area (TPSA) is 26.0 Å². The van der Waals surface area contributed by atoms with Crippen LogP contribution in [-0.4, -0.2) is 4.98 Å². The van der Waals surface area contributed by atoms with Gasteiger partial charge in [-0.15, -0.1) is 11.3 Å². The Kier molecular flexibility index (Phi) is 5.05. The number of benzene rings is 3. The van der Waals surface area contributed by atoms with Gasteiger partial charge >= 0.3 is 0 Å². The number of aromatic nitrogens is 1. The van der Waals surface area contributed by atoms with Gasteiger partial charge in [0.1, 0.15) is 11.3 Å². The number of hydrogen-bond donors (Lipinski definition) is 0. The summed E-state index contributed by atoms with van der Waals surface area (Å²) in [5.74, 6) is 0.633. The van der Waals surface area contributed by atoms with E-state index in [0.717, 1.165) is 34.2 Å². The van der Waals surface area contributed by atoms with Crippen molar-refractivity contribution in [2.45, 2.75) is 53.4 Å². The third-order valence-corrected chi connectivity index (χ3v) is 8.36. The number of furan rings is 1. The minimum absolute atomic E-state index is 0.0180. The molecule has 0 atom stereocenters. The van der Waals surface area contributed by atoms with Gasteiger partial charge < -0.3 is 4.42 Å². The predicted octanol–water partition coefficient (Wildman–Crippen LogP) is 9.82. The summed E-state index contributed by atoms with van der Waals surface area (Å²) in [5, 5.41) is 6.10. The molecule has 0 fully saturated rings. The second-order valence-electron chi connectivity index (χ2n) is 11.2. The maximum atomic E-state index is 6.73. The molecular weight excluding hydrogens is 446 g/mol. The van der Waals surface area contributed by atoms with E-state index in [1.54, 1.807) is 0 Å². The lowest BCUT2D eigenvalue weighted by Gasteiger charge is -2.22. The average Bonchev–Trinajstić information content (AvgIpc) is 3.34. The molecule has 6 rings (SSSR count). The molecule has 0 saturated carbocycles. The first-order chi connectivity index (χ1) is 16.7. The van der Waals surface area contributed by atoms with Crippen molar-refractivity contribution >= 4 is 54.1 Å². The molecule has 176 valence electrons. The SMILES string of the molecule is Cc1c(CC(C)C)sc2ccc3c4ccnc(-c5cc(C(C)(C)C)c6ccccc6c5)c4oc3c12. The van der Waals surface area contributed by atoms with Crippen LogP contribution < -0.4 is 0 Å². The highest BCUT2D eigenvalue weighted by atomic mass is 32.1. The monoisotopic (exact) mass is 477 g/mol. The van der Waals surface area contributed by atoms with E-state index in [0.29, 0.717) is 5.92 Å². The van der Waals surface area contributed by atoms with Crippen LogP contribution in [0.5, 0.6) is 0 Å². The molecule has 3 aromatic heterocycles. The molecule has 6 aromatic rings. The van der Waals surface area contributed by atoms with Crippen molar-refractivity contribution in [1.82, 2.24) is 4.98 Å². The number of nitrogens with zero attached hydrogens (tertiary/aromatic N) is 1. The van der Waals surface area contributed by atoms with Gasteiger partial charge in [-0.3, -0.25) is 4.98 Å².